The first-order valence-corrected chi connectivity index (χ1v) is 9.40. The number of pyridine rings is 1. The molecule has 3 rings (SSSR count). The van der Waals surface area contributed by atoms with Crippen molar-refractivity contribution in [3.8, 4) is 11.5 Å². The predicted molar refractivity (Wildman–Crippen MR) is 106 cm³/mol. The van der Waals surface area contributed by atoms with Crippen molar-refractivity contribution in [2.75, 3.05) is 32.6 Å². The van der Waals surface area contributed by atoms with Crippen LogP contribution in [0, 0.1) is 0 Å². The smallest absolute Gasteiger partial charge is 0.255 e. The highest BCUT2D eigenvalue weighted by atomic mass is 35.5. The number of anilines is 1. The molecule has 2 aromatic rings. The number of ether oxygens (including phenoxy) is 2. The number of nitrogens with one attached hydrogen (secondary N) is 1. The number of aromatic nitrogens is 1. The minimum atomic E-state index is -0.00915. The van der Waals surface area contributed by atoms with E-state index in [1.807, 2.05) is 23.1 Å². The Morgan fingerprint density at radius 3 is 2.67 bits per heavy atom. The number of likely N-dealkylation sites (tertiary alicyclic amines) is 1. The third-order valence-electron chi connectivity index (χ3n) is 4.66. The lowest BCUT2D eigenvalue weighted by molar-refractivity contribution is 0.0724. The monoisotopic (exact) mass is 389 g/mol. The average Bonchev–Trinajstić information content (AvgIpc) is 2.72. The van der Waals surface area contributed by atoms with Crippen molar-refractivity contribution >= 4 is 23.3 Å². The Labute approximate surface area is 164 Å². The molecule has 1 fully saturated rings. The maximum atomic E-state index is 12.6. The highest BCUT2D eigenvalue weighted by molar-refractivity contribution is 6.33. The molecule has 1 aromatic heterocycles. The lowest BCUT2D eigenvalue weighted by Gasteiger charge is -2.26. The van der Waals surface area contributed by atoms with Crippen LogP contribution in [0.5, 0.6) is 11.5 Å². The zero-order valence-corrected chi connectivity index (χ0v) is 16.4. The third-order valence-corrected chi connectivity index (χ3v) is 4.95. The fourth-order valence-electron chi connectivity index (χ4n) is 3.24. The molecule has 6 nitrogen and oxygen atoms in total. The van der Waals surface area contributed by atoms with Gasteiger partial charge in [-0.1, -0.05) is 23.7 Å². The Balaban J connectivity index is 1.71. The van der Waals surface area contributed by atoms with Gasteiger partial charge in [0.1, 0.15) is 5.82 Å². The summed E-state index contributed by atoms with van der Waals surface area (Å²) in [6, 6.07) is 7.36. The van der Waals surface area contributed by atoms with E-state index in [0.29, 0.717) is 34.4 Å². The van der Waals surface area contributed by atoms with Crippen LogP contribution in [0.2, 0.25) is 5.02 Å². The third kappa shape index (κ3) is 4.45. The van der Waals surface area contributed by atoms with Crippen LogP contribution in [0.1, 0.15) is 35.2 Å². The van der Waals surface area contributed by atoms with E-state index >= 15 is 0 Å². The number of piperidine rings is 1. The highest BCUT2D eigenvalue weighted by Gasteiger charge is 2.19. The molecule has 1 aliphatic heterocycles. The number of nitrogens with zero attached hydrogens (tertiary/aromatic N) is 2. The van der Waals surface area contributed by atoms with Gasteiger partial charge in [-0.15, -0.1) is 0 Å². The molecule has 1 aliphatic rings. The molecule has 0 atom stereocenters. The van der Waals surface area contributed by atoms with Crippen LogP contribution in [0.3, 0.4) is 0 Å². The van der Waals surface area contributed by atoms with Crippen molar-refractivity contribution in [2.45, 2.75) is 25.8 Å². The van der Waals surface area contributed by atoms with E-state index in [9.17, 15) is 4.79 Å². The topological polar surface area (TPSA) is 63.7 Å². The lowest BCUT2D eigenvalue weighted by atomic mass is 10.1. The summed E-state index contributed by atoms with van der Waals surface area (Å²) in [5, 5.41) is 3.61. The zero-order valence-electron chi connectivity index (χ0n) is 15.6. The largest absolute Gasteiger partial charge is 0.493 e. The summed E-state index contributed by atoms with van der Waals surface area (Å²) in [6.45, 7) is 2.06. The standard InChI is InChI=1S/C20H24ClN3O3/c1-26-17-8-6-7-14(18(17)27-2)12-22-19-16(21)11-15(13-23-19)20(25)24-9-4-3-5-10-24/h6-8,11,13H,3-5,9-10,12H2,1-2H3,(H,22,23). The van der Waals surface area contributed by atoms with E-state index < -0.39 is 0 Å². The number of carbonyl (C=O) groups is 1. The van der Waals surface area contributed by atoms with Gasteiger partial charge in [-0.3, -0.25) is 4.79 Å². The van der Waals surface area contributed by atoms with Gasteiger partial charge in [-0.25, -0.2) is 4.98 Å². The van der Waals surface area contributed by atoms with E-state index in [-0.39, 0.29) is 5.91 Å². The number of hydrogen-bond acceptors (Lipinski definition) is 5. The molecule has 7 heteroatoms. The number of hydrogen-bond donors (Lipinski definition) is 1. The molecule has 1 aromatic carbocycles. The first-order chi connectivity index (χ1) is 13.1. The molecule has 0 saturated carbocycles. The lowest BCUT2D eigenvalue weighted by Crippen LogP contribution is -2.35. The van der Waals surface area contributed by atoms with Crippen LogP contribution in [0.15, 0.2) is 30.5 Å². The van der Waals surface area contributed by atoms with E-state index in [2.05, 4.69) is 10.3 Å². The number of para-hydroxylation sites is 1. The normalized spacial score (nSPS) is 14.0. The number of carbonyl (C=O) groups excluding carboxylic acids is 1. The number of rotatable bonds is 6. The van der Waals surface area contributed by atoms with Crippen LogP contribution in [0.25, 0.3) is 0 Å². The molecule has 144 valence electrons. The average molecular weight is 390 g/mol. The van der Waals surface area contributed by atoms with Crippen LogP contribution < -0.4 is 14.8 Å². The van der Waals surface area contributed by atoms with Gasteiger partial charge in [-0.2, -0.15) is 0 Å². The minimum absolute atomic E-state index is 0.00915. The van der Waals surface area contributed by atoms with Crippen LogP contribution in [0.4, 0.5) is 5.82 Å². The van der Waals surface area contributed by atoms with Gasteiger partial charge in [0.05, 0.1) is 24.8 Å². The van der Waals surface area contributed by atoms with Gasteiger partial charge in [-0.05, 0) is 31.4 Å². The molecule has 0 spiro atoms. The van der Waals surface area contributed by atoms with E-state index in [1.165, 1.54) is 6.42 Å². The fourth-order valence-corrected chi connectivity index (χ4v) is 3.47. The predicted octanol–water partition coefficient (Wildman–Crippen LogP) is 3.99. The zero-order chi connectivity index (χ0) is 19.2. The molecular formula is C20H24ClN3O3. The van der Waals surface area contributed by atoms with Gasteiger partial charge < -0.3 is 19.7 Å². The quantitative estimate of drug-likeness (QED) is 0.809. The number of halogens is 1. The van der Waals surface area contributed by atoms with Gasteiger partial charge >= 0.3 is 0 Å². The first kappa shape index (κ1) is 19.3. The summed E-state index contributed by atoms with van der Waals surface area (Å²) >= 11 is 6.36. The highest BCUT2D eigenvalue weighted by Crippen LogP contribution is 2.31. The minimum Gasteiger partial charge on any atom is -0.493 e. The number of methoxy groups -OCH3 is 2. The Morgan fingerprint density at radius 1 is 1.22 bits per heavy atom. The SMILES string of the molecule is COc1cccc(CNc2ncc(C(=O)N3CCCCC3)cc2Cl)c1OC. The molecule has 0 radical (unpaired) electrons. The second-order valence-corrected chi connectivity index (χ2v) is 6.82. The number of benzene rings is 1. The van der Waals surface area contributed by atoms with Crippen molar-refractivity contribution in [1.82, 2.24) is 9.88 Å². The first-order valence-electron chi connectivity index (χ1n) is 9.02. The van der Waals surface area contributed by atoms with E-state index in [4.69, 9.17) is 21.1 Å². The maximum Gasteiger partial charge on any atom is 0.255 e. The van der Waals surface area contributed by atoms with Gasteiger partial charge in [0.2, 0.25) is 0 Å². The Kier molecular flexibility index (Phi) is 6.40. The maximum absolute atomic E-state index is 12.6. The van der Waals surface area contributed by atoms with E-state index in [1.54, 1.807) is 26.5 Å². The Morgan fingerprint density at radius 2 is 2.00 bits per heavy atom. The van der Waals surface area contributed by atoms with Crippen LogP contribution >= 0.6 is 11.6 Å². The van der Waals surface area contributed by atoms with E-state index in [0.717, 1.165) is 31.5 Å². The summed E-state index contributed by atoms with van der Waals surface area (Å²) in [5.74, 6) is 1.85. The second-order valence-electron chi connectivity index (χ2n) is 6.41. The van der Waals surface area contributed by atoms with Crippen molar-refractivity contribution in [3.63, 3.8) is 0 Å². The summed E-state index contributed by atoms with van der Waals surface area (Å²) in [7, 11) is 3.21. The molecule has 2 heterocycles. The second kappa shape index (κ2) is 8.95. The summed E-state index contributed by atoms with van der Waals surface area (Å²) in [6.07, 6.45) is 4.86. The molecule has 1 N–H and O–H groups in total. The molecule has 1 amide bonds. The summed E-state index contributed by atoms with van der Waals surface area (Å²) < 4.78 is 10.8. The van der Waals surface area contributed by atoms with Gasteiger partial charge in [0.15, 0.2) is 11.5 Å². The number of amides is 1. The Hall–Kier alpha value is -2.47. The van der Waals surface area contributed by atoms with Crippen LogP contribution in [-0.2, 0) is 6.54 Å². The van der Waals surface area contributed by atoms with Crippen molar-refractivity contribution in [2.24, 2.45) is 0 Å². The van der Waals surface area contributed by atoms with Crippen molar-refractivity contribution in [3.05, 3.63) is 46.6 Å². The molecule has 0 bridgehead atoms. The van der Waals surface area contributed by atoms with Crippen molar-refractivity contribution in [1.29, 1.82) is 0 Å². The van der Waals surface area contributed by atoms with Gasteiger partial charge in [0, 0.05) is 31.4 Å². The fraction of sp³-hybridized carbons (Fsp3) is 0.400. The Bertz CT molecular complexity index is 807. The van der Waals surface area contributed by atoms with Gasteiger partial charge in [0.25, 0.3) is 5.91 Å². The molecule has 0 unspecified atom stereocenters. The summed E-state index contributed by atoms with van der Waals surface area (Å²) in [4.78, 5) is 18.8. The molecule has 0 aliphatic carbocycles. The summed E-state index contributed by atoms with van der Waals surface area (Å²) in [5.41, 5.74) is 1.44. The van der Waals surface area contributed by atoms with Crippen molar-refractivity contribution < 1.29 is 14.3 Å². The molecule has 27 heavy (non-hydrogen) atoms. The molecule has 1 saturated heterocycles. The molecular weight excluding hydrogens is 366 g/mol. The van der Waals surface area contributed by atoms with Crippen LogP contribution in [-0.4, -0.2) is 43.1 Å².